The maximum absolute atomic E-state index is 6.43. The summed E-state index contributed by atoms with van der Waals surface area (Å²) in [5, 5.41) is 4.02. The summed E-state index contributed by atoms with van der Waals surface area (Å²) in [5.74, 6) is 1.73. The molecule has 2 aliphatic rings. The molecule has 0 amide bonds. The molecule has 2 rings (SSSR count). The quantitative estimate of drug-likeness (QED) is 0.128. The van der Waals surface area contributed by atoms with Crippen molar-refractivity contribution >= 4 is 0 Å². The molecule has 0 aromatic rings. The fraction of sp³-hybridized carbons (Fsp3) is 1.00. The lowest BCUT2D eigenvalue weighted by Crippen LogP contribution is -2.50. The van der Waals surface area contributed by atoms with Gasteiger partial charge in [-0.1, -0.05) is 111 Å². The SMILES string of the molecule is CCCCCCC(CCCCC)CN1CCC(COC2CC(NC(CCCCC)CCCCC)C2)CC1. The normalized spacial score (nSPS) is 22.0. The Morgan fingerprint density at radius 2 is 1.19 bits per heavy atom. The lowest BCUT2D eigenvalue weighted by Gasteiger charge is -2.40. The van der Waals surface area contributed by atoms with E-state index in [1.807, 2.05) is 0 Å². The van der Waals surface area contributed by atoms with E-state index >= 15 is 0 Å². The first-order chi connectivity index (χ1) is 18.2. The molecule has 1 saturated heterocycles. The summed E-state index contributed by atoms with van der Waals surface area (Å²) in [6.45, 7) is 14.3. The number of rotatable bonds is 24. The van der Waals surface area contributed by atoms with Crippen molar-refractivity contribution < 1.29 is 4.74 Å². The second-order valence-corrected chi connectivity index (χ2v) is 12.9. The summed E-state index contributed by atoms with van der Waals surface area (Å²) in [4.78, 5) is 2.80. The zero-order chi connectivity index (χ0) is 26.6. The van der Waals surface area contributed by atoms with E-state index in [1.165, 1.54) is 154 Å². The average Bonchev–Trinajstić information content (AvgIpc) is 2.88. The van der Waals surface area contributed by atoms with Gasteiger partial charge in [-0.25, -0.2) is 0 Å². The van der Waals surface area contributed by atoms with E-state index in [9.17, 15) is 0 Å². The molecule has 220 valence electrons. The standard InChI is InChI=1S/C34H68N2O/c1-5-9-13-17-19-30(18-14-10-6-2)28-36-24-22-31(23-25-36)29-37-34-26-33(27-34)35-32(20-15-11-7-3)21-16-12-8-4/h30-35H,5-29H2,1-4H3. The minimum atomic E-state index is 0.522. The molecule has 1 aliphatic heterocycles. The smallest absolute Gasteiger partial charge is 0.0605 e. The highest BCUT2D eigenvalue weighted by Gasteiger charge is 2.32. The Balaban J connectivity index is 1.59. The van der Waals surface area contributed by atoms with Crippen LogP contribution in [-0.4, -0.2) is 49.3 Å². The Bertz CT molecular complexity index is 488. The van der Waals surface area contributed by atoms with Crippen LogP contribution in [0.3, 0.4) is 0 Å². The number of nitrogens with one attached hydrogen (secondary N) is 1. The van der Waals surface area contributed by atoms with Gasteiger partial charge in [-0.05, 0) is 76.3 Å². The van der Waals surface area contributed by atoms with Gasteiger partial charge in [-0.15, -0.1) is 0 Å². The van der Waals surface area contributed by atoms with Crippen LogP contribution >= 0.6 is 0 Å². The largest absolute Gasteiger partial charge is 0.378 e. The minimum absolute atomic E-state index is 0.522. The summed E-state index contributed by atoms with van der Waals surface area (Å²) in [6.07, 6.45) is 29.5. The Morgan fingerprint density at radius 1 is 0.676 bits per heavy atom. The lowest BCUT2D eigenvalue weighted by atomic mass is 9.87. The Hall–Kier alpha value is -0.120. The Morgan fingerprint density at radius 3 is 1.76 bits per heavy atom. The fourth-order valence-electron chi connectivity index (χ4n) is 6.61. The summed E-state index contributed by atoms with van der Waals surface area (Å²) in [5.41, 5.74) is 0. The van der Waals surface area contributed by atoms with Crippen LogP contribution in [0, 0.1) is 11.8 Å². The zero-order valence-electron chi connectivity index (χ0n) is 25.9. The number of nitrogens with zero attached hydrogens (tertiary/aromatic N) is 1. The third-order valence-corrected chi connectivity index (χ3v) is 9.35. The first kappa shape index (κ1) is 33.1. The average molecular weight is 521 g/mol. The van der Waals surface area contributed by atoms with Gasteiger partial charge in [0.2, 0.25) is 0 Å². The molecular weight excluding hydrogens is 452 g/mol. The van der Waals surface area contributed by atoms with Crippen molar-refractivity contribution in [3.63, 3.8) is 0 Å². The second kappa shape index (κ2) is 21.7. The van der Waals surface area contributed by atoms with Crippen molar-refractivity contribution in [3.05, 3.63) is 0 Å². The van der Waals surface area contributed by atoms with E-state index < -0.39 is 0 Å². The first-order valence-corrected chi connectivity index (χ1v) is 17.3. The Labute approximate surface area is 233 Å². The van der Waals surface area contributed by atoms with Gasteiger partial charge in [0.25, 0.3) is 0 Å². The first-order valence-electron chi connectivity index (χ1n) is 17.3. The predicted octanol–water partition coefficient (Wildman–Crippen LogP) is 9.53. The molecule has 1 N–H and O–H groups in total. The van der Waals surface area contributed by atoms with Crippen molar-refractivity contribution in [3.8, 4) is 0 Å². The number of unbranched alkanes of at least 4 members (excludes halogenated alkanes) is 9. The topological polar surface area (TPSA) is 24.5 Å². The van der Waals surface area contributed by atoms with Gasteiger partial charge in [-0.2, -0.15) is 0 Å². The van der Waals surface area contributed by atoms with Crippen molar-refractivity contribution in [2.75, 3.05) is 26.2 Å². The van der Waals surface area contributed by atoms with Crippen LogP contribution in [0.15, 0.2) is 0 Å². The number of ether oxygens (including phenoxy) is 1. The molecule has 0 aromatic carbocycles. The molecule has 1 unspecified atom stereocenters. The monoisotopic (exact) mass is 521 g/mol. The molecular formula is C34H68N2O. The summed E-state index contributed by atoms with van der Waals surface area (Å²) in [7, 11) is 0. The van der Waals surface area contributed by atoms with Crippen LogP contribution in [0.4, 0.5) is 0 Å². The van der Waals surface area contributed by atoms with Crippen molar-refractivity contribution in [1.82, 2.24) is 10.2 Å². The molecule has 37 heavy (non-hydrogen) atoms. The molecule has 0 bridgehead atoms. The van der Waals surface area contributed by atoms with Gasteiger partial charge in [0.15, 0.2) is 0 Å². The van der Waals surface area contributed by atoms with Crippen molar-refractivity contribution in [1.29, 1.82) is 0 Å². The number of likely N-dealkylation sites (tertiary alicyclic amines) is 1. The van der Waals surface area contributed by atoms with Crippen molar-refractivity contribution in [2.24, 2.45) is 11.8 Å². The van der Waals surface area contributed by atoms with E-state index in [2.05, 4.69) is 37.9 Å². The summed E-state index contributed by atoms with van der Waals surface area (Å²) in [6, 6.07) is 1.45. The maximum Gasteiger partial charge on any atom is 0.0605 e. The van der Waals surface area contributed by atoms with Crippen LogP contribution in [0.2, 0.25) is 0 Å². The number of hydrogen-bond donors (Lipinski definition) is 1. The van der Waals surface area contributed by atoms with E-state index in [-0.39, 0.29) is 0 Å². The van der Waals surface area contributed by atoms with Crippen molar-refractivity contribution in [2.45, 2.75) is 181 Å². The van der Waals surface area contributed by atoms with E-state index in [0.717, 1.165) is 24.5 Å². The highest BCUT2D eigenvalue weighted by Crippen LogP contribution is 2.28. The molecule has 0 spiro atoms. The molecule has 0 aromatic heterocycles. The van der Waals surface area contributed by atoms with Crippen LogP contribution in [0.5, 0.6) is 0 Å². The summed E-state index contributed by atoms with van der Waals surface area (Å²) >= 11 is 0. The molecule has 3 nitrogen and oxygen atoms in total. The predicted molar refractivity (Wildman–Crippen MR) is 164 cm³/mol. The minimum Gasteiger partial charge on any atom is -0.378 e. The fourth-order valence-corrected chi connectivity index (χ4v) is 6.61. The third kappa shape index (κ3) is 15.3. The highest BCUT2D eigenvalue weighted by atomic mass is 16.5. The van der Waals surface area contributed by atoms with Gasteiger partial charge < -0.3 is 15.0 Å². The highest BCUT2D eigenvalue weighted by molar-refractivity contribution is 4.89. The zero-order valence-corrected chi connectivity index (χ0v) is 25.9. The Kier molecular flexibility index (Phi) is 19.4. The van der Waals surface area contributed by atoms with Crippen LogP contribution < -0.4 is 5.32 Å². The summed E-state index contributed by atoms with van der Waals surface area (Å²) < 4.78 is 6.43. The van der Waals surface area contributed by atoms with Crippen LogP contribution in [0.25, 0.3) is 0 Å². The van der Waals surface area contributed by atoms with Gasteiger partial charge in [0.05, 0.1) is 6.10 Å². The number of hydrogen-bond acceptors (Lipinski definition) is 3. The number of piperidine rings is 1. The third-order valence-electron chi connectivity index (χ3n) is 9.35. The van der Waals surface area contributed by atoms with E-state index in [1.54, 1.807) is 0 Å². The van der Waals surface area contributed by atoms with Crippen LogP contribution in [-0.2, 0) is 4.74 Å². The van der Waals surface area contributed by atoms with Gasteiger partial charge in [0, 0.05) is 25.2 Å². The molecule has 1 saturated carbocycles. The lowest BCUT2D eigenvalue weighted by molar-refractivity contribution is -0.0430. The van der Waals surface area contributed by atoms with Gasteiger partial charge in [0.1, 0.15) is 0 Å². The second-order valence-electron chi connectivity index (χ2n) is 12.9. The molecule has 1 heterocycles. The molecule has 3 heteroatoms. The van der Waals surface area contributed by atoms with E-state index in [0.29, 0.717) is 12.1 Å². The maximum atomic E-state index is 6.43. The van der Waals surface area contributed by atoms with Crippen LogP contribution in [0.1, 0.15) is 163 Å². The van der Waals surface area contributed by atoms with Gasteiger partial charge in [-0.3, -0.25) is 0 Å². The van der Waals surface area contributed by atoms with Gasteiger partial charge >= 0.3 is 0 Å². The molecule has 0 radical (unpaired) electrons. The molecule has 1 aliphatic carbocycles. The molecule has 2 fully saturated rings. The molecule has 1 atom stereocenters. The van der Waals surface area contributed by atoms with E-state index in [4.69, 9.17) is 4.74 Å².